The molecule has 2 heterocycles. The third-order valence-corrected chi connectivity index (χ3v) is 5.55. The fourth-order valence-electron chi connectivity index (χ4n) is 2.51. The zero-order valence-corrected chi connectivity index (χ0v) is 11.4. The largest absolute Gasteiger partial charge is 0.396 e. The van der Waals surface area contributed by atoms with E-state index in [1.807, 2.05) is 4.90 Å². The SMILES string of the molecule is CN(C(=O)CN1CC(CO)C1)C1CCS(=O)(=O)C1. The number of nitrogens with zero attached hydrogens (tertiary/aromatic N) is 2. The number of rotatable bonds is 4. The molecule has 0 aliphatic carbocycles. The van der Waals surface area contributed by atoms with E-state index in [4.69, 9.17) is 5.11 Å². The summed E-state index contributed by atoms with van der Waals surface area (Å²) < 4.78 is 22.7. The van der Waals surface area contributed by atoms with Crippen LogP contribution in [0.15, 0.2) is 0 Å². The van der Waals surface area contributed by atoms with Gasteiger partial charge in [-0.2, -0.15) is 0 Å². The van der Waals surface area contributed by atoms with Crippen LogP contribution in [0.1, 0.15) is 6.42 Å². The summed E-state index contributed by atoms with van der Waals surface area (Å²) in [4.78, 5) is 15.5. The quantitative estimate of drug-likeness (QED) is 0.680. The molecule has 0 spiro atoms. The molecule has 0 aromatic rings. The van der Waals surface area contributed by atoms with Gasteiger partial charge in [0.25, 0.3) is 0 Å². The molecule has 0 bridgehead atoms. The van der Waals surface area contributed by atoms with Gasteiger partial charge in [0, 0.05) is 38.7 Å². The van der Waals surface area contributed by atoms with E-state index in [0.29, 0.717) is 13.0 Å². The van der Waals surface area contributed by atoms with E-state index in [0.717, 1.165) is 13.1 Å². The van der Waals surface area contributed by atoms with Gasteiger partial charge < -0.3 is 10.0 Å². The predicted molar refractivity (Wildman–Crippen MR) is 66.8 cm³/mol. The van der Waals surface area contributed by atoms with Crippen molar-refractivity contribution in [3.8, 4) is 0 Å². The molecule has 1 amide bonds. The van der Waals surface area contributed by atoms with Crippen molar-refractivity contribution in [1.82, 2.24) is 9.80 Å². The van der Waals surface area contributed by atoms with Gasteiger partial charge in [-0.15, -0.1) is 0 Å². The molecule has 2 saturated heterocycles. The average molecular weight is 276 g/mol. The molecular formula is C11H20N2O4S. The highest BCUT2D eigenvalue weighted by Crippen LogP contribution is 2.18. The molecule has 1 N–H and O–H groups in total. The topological polar surface area (TPSA) is 77.9 Å². The predicted octanol–water partition coefficient (Wildman–Crippen LogP) is -1.44. The van der Waals surface area contributed by atoms with E-state index in [2.05, 4.69) is 0 Å². The second-order valence-corrected chi connectivity index (χ2v) is 7.53. The molecular weight excluding hydrogens is 256 g/mol. The molecule has 18 heavy (non-hydrogen) atoms. The maximum atomic E-state index is 12.0. The maximum Gasteiger partial charge on any atom is 0.236 e. The van der Waals surface area contributed by atoms with Crippen LogP contribution in [0, 0.1) is 5.92 Å². The second-order valence-electron chi connectivity index (χ2n) is 5.30. The lowest BCUT2D eigenvalue weighted by Gasteiger charge is -2.38. The minimum absolute atomic E-state index is 0.0338. The lowest BCUT2D eigenvalue weighted by molar-refractivity contribution is -0.134. The van der Waals surface area contributed by atoms with Crippen molar-refractivity contribution in [3.05, 3.63) is 0 Å². The minimum atomic E-state index is -2.95. The zero-order valence-electron chi connectivity index (χ0n) is 10.6. The number of aliphatic hydroxyl groups is 1. The highest BCUT2D eigenvalue weighted by atomic mass is 32.2. The van der Waals surface area contributed by atoms with Crippen molar-refractivity contribution >= 4 is 15.7 Å². The van der Waals surface area contributed by atoms with E-state index in [1.165, 1.54) is 0 Å². The lowest BCUT2D eigenvalue weighted by atomic mass is 10.0. The third kappa shape index (κ3) is 3.02. The second kappa shape index (κ2) is 5.14. The van der Waals surface area contributed by atoms with Crippen LogP contribution in [0.4, 0.5) is 0 Å². The van der Waals surface area contributed by atoms with E-state index in [9.17, 15) is 13.2 Å². The van der Waals surface area contributed by atoms with Crippen molar-refractivity contribution in [2.75, 3.05) is 44.8 Å². The highest BCUT2D eigenvalue weighted by Gasteiger charge is 2.34. The van der Waals surface area contributed by atoms with Gasteiger partial charge in [-0.25, -0.2) is 8.42 Å². The highest BCUT2D eigenvalue weighted by molar-refractivity contribution is 7.91. The first-order valence-electron chi connectivity index (χ1n) is 6.20. The van der Waals surface area contributed by atoms with Crippen LogP contribution in [-0.2, 0) is 14.6 Å². The molecule has 1 unspecified atom stereocenters. The number of carbonyl (C=O) groups is 1. The summed E-state index contributed by atoms with van der Waals surface area (Å²) in [6, 6.07) is -0.169. The molecule has 1 atom stereocenters. The first kappa shape index (κ1) is 13.8. The smallest absolute Gasteiger partial charge is 0.236 e. The molecule has 7 heteroatoms. The molecule has 2 fully saturated rings. The van der Waals surface area contributed by atoms with Crippen LogP contribution in [0.3, 0.4) is 0 Å². The van der Waals surface area contributed by atoms with Gasteiger partial charge in [-0.3, -0.25) is 9.69 Å². The fraction of sp³-hybridized carbons (Fsp3) is 0.909. The Hall–Kier alpha value is -0.660. The zero-order chi connectivity index (χ0) is 13.3. The number of hydrogen-bond acceptors (Lipinski definition) is 5. The van der Waals surface area contributed by atoms with Gasteiger partial charge in [0.05, 0.1) is 18.1 Å². The van der Waals surface area contributed by atoms with Crippen LogP contribution in [-0.4, -0.2) is 80.1 Å². The summed E-state index contributed by atoms with van der Waals surface area (Å²) in [5, 5.41) is 8.89. The molecule has 2 rings (SSSR count). The summed E-state index contributed by atoms with van der Waals surface area (Å²) >= 11 is 0. The van der Waals surface area contributed by atoms with Gasteiger partial charge in [0.1, 0.15) is 0 Å². The lowest BCUT2D eigenvalue weighted by Crippen LogP contribution is -2.53. The molecule has 2 aliphatic rings. The van der Waals surface area contributed by atoms with Gasteiger partial charge in [-0.1, -0.05) is 0 Å². The van der Waals surface area contributed by atoms with Gasteiger partial charge in [0.15, 0.2) is 9.84 Å². The van der Waals surface area contributed by atoms with Crippen LogP contribution >= 0.6 is 0 Å². The van der Waals surface area contributed by atoms with E-state index < -0.39 is 9.84 Å². The molecule has 104 valence electrons. The standard InChI is InChI=1S/C11H20N2O4S/c1-12(10-2-3-18(16,17)8-10)11(15)6-13-4-9(5-13)7-14/h9-10,14H,2-8H2,1H3. The fourth-order valence-corrected chi connectivity index (χ4v) is 4.28. The van der Waals surface area contributed by atoms with Crippen molar-refractivity contribution in [2.24, 2.45) is 5.92 Å². The Morgan fingerprint density at radius 3 is 2.61 bits per heavy atom. The Bertz CT molecular complexity index is 417. The van der Waals surface area contributed by atoms with Crippen LogP contribution < -0.4 is 0 Å². The Balaban J connectivity index is 1.79. The molecule has 0 radical (unpaired) electrons. The first-order valence-corrected chi connectivity index (χ1v) is 8.02. The van der Waals surface area contributed by atoms with Gasteiger partial charge in [-0.05, 0) is 6.42 Å². The van der Waals surface area contributed by atoms with Gasteiger partial charge >= 0.3 is 0 Å². The molecule has 0 aromatic carbocycles. The summed E-state index contributed by atoms with van der Waals surface area (Å²) in [7, 11) is -1.27. The van der Waals surface area contributed by atoms with Crippen molar-refractivity contribution in [3.63, 3.8) is 0 Å². The van der Waals surface area contributed by atoms with E-state index >= 15 is 0 Å². The van der Waals surface area contributed by atoms with E-state index in [-0.39, 0.29) is 36.0 Å². The van der Waals surface area contributed by atoms with Crippen molar-refractivity contribution in [1.29, 1.82) is 0 Å². The Labute approximate surface area is 107 Å². The Kier molecular flexibility index (Phi) is 3.93. The first-order chi connectivity index (χ1) is 8.41. The minimum Gasteiger partial charge on any atom is -0.396 e. The van der Waals surface area contributed by atoms with Crippen molar-refractivity contribution < 1.29 is 18.3 Å². The number of hydrogen-bond donors (Lipinski definition) is 1. The number of likely N-dealkylation sites (N-methyl/N-ethyl adjacent to an activating group) is 1. The average Bonchev–Trinajstić information content (AvgIpc) is 2.62. The summed E-state index contributed by atoms with van der Waals surface area (Å²) in [6.07, 6.45) is 0.545. The van der Waals surface area contributed by atoms with Crippen molar-refractivity contribution in [2.45, 2.75) is 12.5 Å². The third-order valence-electron chi connectivity index (χ3n) is 3.80. The monoisotopic (exact) mass is 276 g/mol. The van der Waals surface area contributed by atoms with Gasteiger partial charge in [0.2, 0.25) is 5.91 Å². The molecule has 0 aromatic heterocycles. The molecule has 0 saturated carbocycles. The van der Waals surface area contributed by atoms with E-state index in [1.54, 1.807) is 11.9 Å². The molecule has 2 aliphatic heterocycles. The Morgan fingerprint density at radius 1 is 1.44 bits per heavy atom. The number of carbonyl (C=O) groups excluding carboxylic acids is 1. The number of aliphatic hydroxyl groups excluding tert-OH is 1. The summed E-state index contributed by atoms with van der Waals surface area (Å²) in [6.45, 7) is 1.99. The number of likely N-dealkylation sites (tertiary alicyclic amines) is 1. The normalized spacial score (nSPS) is 28.0. The molecule has 6 nitrogen and oxygen atoms in total. The number of sulfone groups is 1. The Morgan fingerprint density at radius 2 is 2.11 bits per heavy atom. The number of amides is 1. The van der Waals surface area contributed by atoms with Crippen LogP contribution in [0.25, 0.3) is 0 Å². The van der Waals surface area contributed by atoms with Crippen LogP contribution in [0.5, 0.6) is 0 Å². The van der Waals surface area contributed by atoms with Crippen LogP contribution in [0.2, 0.25) is 0 Å². The summed E-state index contributed by atoms with van der Waals surface area (Å²) in [5.41, 5.74) is 0. The summed E-state index contributed by atoms with van der Waals surface area (Å²) in [5.74, 6) is 0.531. The maximum absolute atomic E-state index is 12.0.